The van der Waals surface area contributed by atoms with Gasteiger partial charge in [0, 0.05) is 6.07 Å². The second-order valence-corrected chi connectivity index (χ2v) is 3.74. The summed E-state index contributed by atoms with van der Waals surface area (Å²) in [6, 6.07) is 1.69. The van der Waals surface area contributed by atoms with Crippen LogP contribution < -0.4 is 0 Å². The molecule has 0 spiro atoms. The zero-order chi connectivity index (χ0) is 10.9. The van der Waals surface area contributed by atoms with Crippen molar-refractivity contribution in [2.45, 2.75) is 0 Å². The van der Waals surface area contributed by atoms with Crippen LogP contribution in [0.15, 0.2) is 12.1 Å². The number of carbonyl (C=O) groups is 1. The van der Waals surface area contributed by atoms with Gasteiger partial charge in [0.2, 0.25) is 0 Å². The van der Waals surface area contributed by atoms with Gasteiger partial charge in [-0.05, 0) is 34.2 Å². The largest absolute Gasteiger partial charge is 0.276 e. The average Bonchev–Trinajstić information content (AvgIpc) is 2.08. The molecule has 0 N–H and O–H groups in total. The van der Waals surface area contributed by atoms with Crippen molar-refractivity contribution < 1.29 is 14.1 Å². The van der Waals surface area contributed by atoms with Crippen molar-refractivity contribution in [1.82, 2.24) is 0 Å². The lowest BCUT2D eigenvalue weighted by Crippen LogP contribution is -1.99. The molecule has 1 aromatic carbocycles. The van der Waals surface area contributed by atoms with Crippen LogP contribution in [-0.2, 0) is 0 Å². The van der Waals surface area contributed by atoms with Crippen molar-refractivity contribution in [3.05, 3.63) is 37.2 Å². The Morgan fingerprint density at radius 2 is 2.14 bits per heavy atom. The number of hydrogen-bond acceptors (Lipinski definition) is 3. The minimum atomic E-state index is -0.919. The first kappa shape index (κ1) is 11.3. The highest BCUT2D eigenvalue weighted by molar-refractivity contribution is 14.1. The molecule has 0 aliphatic heterocycles. The minimum absolute atomic E-state index is 0.0202. The number of halogens is 3. The minimum Gasteiger partial charge on any atom is -0.276 e. The van der Waals surface area contributed by atoms with Crippen LogP contribution in [0.5, 0.6) is 0 Å². The van der Waals surface area contributed by atoms with Gasteiger partial charge in [-0.15, -0.1) is 0 Å². The topological polar surface area (TPSA) is 60.2 Å². The van der Waals surface area contributed by atoms with E-state index >= 15 is 0 Å². The molecule has 74 valence electrons. The summed E-state index contributed by atoms with van der Waals surface area (Å²) in [7, 11) is 0. The molecule has 0 radical (unpaired) electrons. The molecular weight excluding hydrogens is 327 g/mol. The van der Waals surface area contributed by atoms with E-state index in [1.54, 1.807) is 22.6 Å². The van der Waals surface area contributed by atoms with E-state index in [1.807, 2.05) is 0 Å². The van der Waals surface area contributed by atoms with Crippen molar-refractivity contribution in [3.63, 3.8) is 0 Å². The molecular formula is C7H2ClFINO3. The van der Waals surface area contributed by atoms with Gasteiger partial charge in [-0.2, -0.15) is 0 Å². The summed E-state index contributed by atoms with van der Waals surface area (Å²) < 4.78 is 13.0. The molecule has 1 rings (SSSR count). The first-order valence-corrected chi connectivity index (χ1v) is 4.72. The van der Waals surface area contributed by atoms with Gasteiger partial charge in [0.25, 0.3) is 10.9 Å². The van der Waals surface area contributed by atoms with E-state index in [0.717, 1.165) is 12.1 Å². The Hall–Kier alpha value is -0.760. The van der Waals surface area contributed by atoms with Gasteiger partial charge in [0.15, 0.2) is 0 Å². The monoisotopic (exact) mass is 329 g/mol. The van der Waals surface area contributed by atoms with Gasteiger partial charge in [-0.25, -0.2) is 4.39 Å². The number of nitro benzene ring substituents is 1. The molecule has 0 heterocycles. The summed E-state index contributed by atoms with van der Waals surface area (Å²) in [5, 5.41) is 9.40. The van der Waals surface area contributed by atoms with Gasteiger partial charge in [0.1, 0.15) is 5.82 Å². The average molecular weight is 329 g/mol. The van der Waals surface area contributed by atoms with Crippen LogP contribution in [0, 0.1) is 19.5 Å². The molecule has 0 saturated carbocycles. The Bertz CT molecular complexity index is 424. The normalized spacial score (nSPS) is 9.93. The first-order valence-electron chi connectivity index (χ1n) is 3.26. The molecule has 14 heavy (non-hydrogen) atoms. The molecule has 0 aliphatic rings. The summed E-state index contributed by atoms with van der Waals surface area (Å²) in [6.45, 7) is 0. The van der Waals surface area contributed by atoms with E-state index < -0.39 is 21.7 Å². The maximum atomic E-state index is 13.0. The van der Waals surface area contributed by atoms with Crippen LogP contribution >= 0.6 is 34.2 Å². The second-order valence-electron chi connectivity index (χ2n) is 2.32. The zero-order valence-electron chi connectivity index (χ0n) is 6.46. The van der Waals surface area contributed by atoms with Crippen molar-refractivity contribution in [3.8, 4) is 0 Å². The predicted molar refractivity (Wildman–Crippen MR) is 56.0 cm³/mol. The Labute approximate surface area is 96.3 Å². The Morgan fingerprint density at radius 3 is 2.57 bits per heavy atom. The van der Waals surface area contributed by atoms with Crippen LogP contribution in [0.1, 0.15) is 10.4 Å². The fourth-order valence-corrected chi connectivity index (χ4v) is 1.69. The quantitative estimate of drug-likeness (QED) is 0.363. The number of rotatable bonds is 2. The summed E-state index contributed by atoms with van der Waals surface area (Å²) in [5.41, 5.74) is -0.689. The highest BCUT2D eigenvalue weighted by Gasteiger charge is 2.18. The van der Waals surface area contributed by atoms with Crippen LogP contribution in [0.25, 0.3) is 0 Å². The van der Waals surface area contributed by atoms with Crippen LogP contribution in [0.3, 0.4) is 0 Å². The maximum absolute atomic E-state index is 13.0. The summed E-state index contributed by atoms with van der Waals surface area (Å²) in [4.78, 5) is 20.3. The van der Waals surface area contributed by atoms with Gasteiger partial charge in [0.05, 0.1) is 20.1 Å². The third-order valence-corrected chi connectivity index (χ3v) is 2.74. The van der Waals surface area contributed by atoms with Crippen LogP contribution in [0.4, 0.5) is 10.1 Å². The molecule has 0 atom stereocenters. The van der Waals surface area contributed by atoms with Gasteiger partial charge in [-0.3, -0.25) is 14.9 Å². The predicted octanol–water partition coefficient (Wildman–Crippen LogP) is 2.72. The summed E-state index contributed by atoms with van der Waals surface area (Å²) >= 11 is 6.68. The highest BCUT2D eigenvalue weighted by Crippen LogP contribution is 2.24. The number of nitrogens with zero attached hydrogens (tertiary/aromatic N) is 1. The lowest BCUT2D eigenvalue weighted by atomic mass is 10.2. The lowest BCUT2D eigenvalue weighted by Gasteiger charge is -2.00. The van der Waals surface area contributed by atoms with Crippen molar-refractivity contribution in [2.75, 3.05) is 0 Å². The van der Waals surface area contributed by atoms with E-state index in [2.05, 4.69) is 0 Å². The molecule has 0 unspecified atom stereocenters. The smallest absolute Gasteiger partial charge is 0.273 e. The van der Waals surface area contributed by atoms with Crippen molar-refractivity contribution in [2.24, 2.45) is 0 Å². The highest BCUT2D eigenvalue weighted by atomic mass is 127. The number of non-ortho nitro benzene ring substituents is 1. The van der Waals surface area contributed by atoms with Gasteiger partial charge in [-0.1, -0.05) is 0 Å². The molecule has 0 aliphatic carbocycles. The molecule has 7 heteroatoms. The SMILES string of the molecule is O=C(Cl)c1cc([N+](=O)[O-])cc(F)c1I. The van der Waals surface area contributed by atoms with E-state index in [9.17, 15) is 19.3 Å². The number of hydrogen-bond donors (Lipinski definition) is 0. The Balaban J connectivity index is 3.43. The van der Waals surface area contributed by atoms with E-state index in [0.29, 0.717) is 0 Å². The molecule has 0 bridgehead atoms. The molecule has 4 nitrogen and oxygen atoms in total. The van der Waals surface area contributed by atoms with E-state index in [4.69, 9.17) is 11.6 Å². The number of carbonyl (C=O) groups excluding carboxylic acids is 1. The fourth-order valence-electron chi connectivity index (χ4n) is 0.823. The van der Waals surface area contributed by atoms with E-state index in [-0.39, 0.29) is 9.13 Å². The van der Waals surface area contributed by atoms with Crippen LogP contribution in [-0.4, -0.2) is 10.2 Å². The van der Waals surface area contributed by atoms with Gasteiger partial charge >= 0.3 is 0 Å². The standard InChI is InChI=1S/C7H2ClFINO3/c8-7(12)4-1-3(11(13)14)2-5(9)6(4)10/h1-2H. The molecule has 0 saturated heterocycles. The zero-order valence-corrected chi connectivity index (χ0v) is 9.37. The molecule has 0 amide bonds. The number of benzene rings is 1. The molecule has 0 fully saturated rings. The van der Waals surface area contributed by atoms with Gasteiger partial charge < -0.3 is 0 Å². The Morgan fingerprint density at radius 1 is 1.57 bits per heavy atom. The lowest BCUT2D eigenvalue weighted by molar-refractivity contribution is -0.385. The number of nitro groups is 1. The van der Waals surface area contributed by atoms with Crippen LogP contribution in [0.2, 0.25) is 0 Å². The summed E-state index contributed by atoms with van der Waals surface area (Å²) in [5.74, 6) is -0.830. The first-order chi connectivity index (χ1) is 6.43. The second kappa shape index (κ2) is 4.18. The third kappa shape index (κ3) is 2.18. The molecule has 0 aromatic heterocycles. The third-order valence-electron chi connectivity index (χ3n) is 1.44. The molecule has 1 aromatic rings. The van der Waals surface area contributed by atoms with Crippen molar-refractivity contribution in [1.29, 1.82) is 0 Å². The maximum Gasteiger partial charge on any atom is 0.273 e. The summed E-state index contributed by atoms with van der Waals surface area (Å²) in [6.07, 6.45) is 0. The van der Waals surface area contributed by atoms with Crippen molar-refractivity contribution >= 4 is 45.1 Å². The van der Waals surface area contributed by atoms with E-state index in [1.165, 1.54) is 0 Å². The fraction of sp³-hybridized carbons (Fsp3) is 0. The Kier molecular flexibility index (Phi) is 3.38.